The molecule has 2 aromatic carbocycles. The summed E-state index contributed by atoms with van der Waals surface area (Å²) in [6, 6.07) is 13.4. The summed E-state index contributed by atoms with van der Waals surface area (Å²) in [6.07, 6.45) is 2.37. The minimum atomic E-state index is -0.769. The van der Waals surface area contributed by atoms with Gasteiger partial charge < -0.3 is 19.1 Å². The third-order valence-corrected chi connectivity index (χ3v) is 8.08. The first kappa shape index (κ1) is 30.2. The predicted molar refractivity (Wildman–Crippen MR) is 153 cm³/mol. The lowest BCUT2D eigenvalue weighted by atomic mass is 9.81. The van der Waals surface area contributed by atoms with E-state index in [-0.39, 0.29) is 17.1 Å². The van der Waals surface area contributed by atoms with Crippen LogP contribution in [0.5, 0.6) is 0 Å². The number of aryl methyl sites for hydroxylation is 1. The van der Waals surface area contributed by atoms with Crippen molar-refractivity contribution in [1.82, 2.24) is 4.57 Å². The zero-order valence-corrected chi connectivity index (χ0v) is 24.2. The maximum atomic E-state index is 12.0. The van der Waals surface area contributed by atoms with Gasteiger partial charge in [-0.25, -0.2) is 0 Å². The number of Topliss-reactive ketones (excluding diaryl/α,β-unsaturated/α-hetero) is 1. The van der Waals surface area contributed by atoms with Crippen LogP contribution in [0.1, 0.15) is 67.6 Å². The molecule has 1 aromatic heterocycles. The molecule has 2 unspecified atom stereocenters. The smallest absolute Gasteiger partial charge is 0.310 e. The molecule has 1 N–H and O–H groups in total. The van der Waals surface area contributed by atoms with Crippen LogP contribution in [0, 0.1) is 5.92 Å². The topological polar surface area (TPSA) is 77.8 Å². The molecule has 1 saturated heterocycles. The second-order valence-electron chi connectivity index (χ2n) is 10.4. The van der Waals surface area contributed by atoms with E-state index in [1.807, 2.05) is 49.7 Å². The summed E-state index contributed by atoms with van der Waals surface area (Å²) in [6.45, 7) is 8.10. The van der Waals surface area contributed by atoms with Gasteiger partial charge in [-0.3, -0.25) is 9.59 Å². The van der Waals surface area contributed by atoms with Gasteiger partial charge in [0.2, 0.25) is 0 Å². The van der Waals surface area contributed by atoms with Crippen LogP contribution >= 0.6 is 23.2 Å². The number of hydrogen-bond acceptors (Lipinski definition) is 4. The molecule has 0 spiro atoms. The third kappa shape index (κ3) is 6.78. The molecular weight excluding hydrogens is 525 g/mol. The van der Waals surface area contributed by atoms with Crippen LogP contribution in [-0.4, -0.2) is 48.4 Å². The number of aliphatic carboxylic acids is 1. The Hall–Kier alpha value is -2.38. The van der Waals surface area contributed by atoms with Gasteiger partial charge in [0.1, 0.15) is 0 Å². The van der Waals surface area contributed by atoms with Gasteiger partial charge in [0, 0.05) is 49.6 Å². The number of carboxylic acid groups (broad SMARTS) is 1. The van der Waals surface area contributed by atoms with E-state index in [1.54, 1.807) is 13.2 Å². The summed E-state index contributed by atoms with van der Waals surface area (Å²) in [5.74, 6) is -1.15. The van der Waals surface area contributed by atoms with Crippen molar-refractivity contribution in [2.24, 2.45) is 13.0 Å². The normalized spacial score (nSPS) is 17.9. The minimum Gasteiger partial charge on any atom is -0.481 e. The lowest BCUT2D eigenvalue weighted by molar-refractivity contribution is -0.139. The maximum Gasteiger partial charge on any atom is 0.310 e. The number of methoxy groups -OCH3 is 1. The van der Waals surface area contributed by atoms with E-state index >= 15 is 0 Å². The largest absolute Gasteiger partial charge is 0.481 e. The zero-order valence-electron chi connectivity index (χ0n) is 22.7. The van der Waals surface area contributed by atoms with Gasteiger partial charge in [0.25, 0.3) is 0 Å². The van der Waals surface area contributed by atoms with Crippen LogP contribution in [0.15, 0.2) is 42.5 Å². The number of carbonyl (C=O) groups excluding carboxylic acids is 1. The Morgan fingerprint density at radius 2 is 1.84 bits per heavy atom. The Labute approximate surface area is 234 Å². The molecule has 206 valence electrons. The number of carbonyl (C=O) groups is 2. The molecule has 8 heteroatoms. The second kappa shape index (κ2) is 13.1. The van der Waals surface area contributed by atoms with Crippen molar-refractivity contribution >= 4 is 45.9 Å². The maximum absolute atomic E-state index is 12.0. The average molecular weight is 563 g/mol. The van der Waals surface area contributed by atoms with Crippen LogP contribution in [0.25, 0.3) is 10.9 Å². The number of hydrogen-bond donors (Lipinski definition) is 1. The molecule has 0 amide bonds. The number of ketones is 1. The van der Waals surface area contributed by atoms with Crippen molar-refractivity contribution in [1.29, 1.82) is 0 Å². The minimum absolute atomic E-state index is 0.0349. The van der Waals surface area contributed by atoms with Crippen molar-refractivity contribution in [2.45, 2.75) is 51.4 Å². The van der Waals surface area contributed by atoms with E-state index in [0.717, 1.165) is 42.5 Å². The van der Waals surface area contributed by atoms with Gasteiger partial charge in [0.15, 0.2) is 5.78 Å². The quantitative estimate of drug-likeness (QED) is 0.219. The summed E-state index contributed by atoms with van der Waals surface area (Å²) >= 11 is 12.1. The number of ether oxygens (including phenoxy) is 2. The number of rotatable bonds is 9. The Bertz CT molecular complexity index is 1260. The molecule has 0 radical (unpaired) electrons. The summed E-state index contributed by atoms with van der Waals surface area (Å²) in [7, 11) is 3.50. The van der Waals surface area contributed by atoms with Crippen LogP contribution in [-0.2, 0) is 26.7 Å². The van der Waals surface area contributed by atoms with Crippen molar-refractivity contribution in [3.63, 3.8) is 0 Å². The fourth-order valence-electron chi connectivity index (χ4n) is 4.76. The van der Waals surface area contributed by atoms with Crippen LogP contribution in [0.3, 0.4) is 0 Å². The molecule has 0 aliphatic carbocycles. The van der Waals surface area contributed by atoms with Gasteiger partial charge in [-0.2, -0.15) is 0 Å². The highest BCUT2D eigenvalue weighted by atomic mass is 35.5. The van der Waals surface area contributed by atoms with E-state index in [9.17, 15) is 14.7 Å². The van der Waals surface area contributed by atoms with Crippen molar-refractivity contribution in [3.8, 4) is 0 Å². The molecule has 2 atom stereocenters. The predicted octanol–water partition coefficient (Wildman–Crippen LogP) is 7.28. The zero-order chi connectivity index (χ0) is 28.0. The molecule has 0 saturated carbocycles. The highest BCUT2D eigenvalue weighted by Gasteiger charge is 2.31. The number of benzene rings is 2. The summed E-state index contributed by atoms with van der Waals surface area (Å²) in [5, 5.41) is 11.2. The van der Waals surface area contributed by atoms with Gasteiger partial charge in [-0.05, 0) is 48.6 Å². The highest BCUT2D eigenvalue weighted by Crippen LogP contribution is 2.34. The lowest BCUT2D eigenvalue weighted by Gasteiger charge is -2.23. The van der Waals surface area contributed by atoms with Crippen LogP contribution in [0.2, 0.25) is 10.0 Å². The first-order valence-corrected chi connectivity index (χ1v) is 13.6. The number of nitrogens with zero attached hydrogens (tertiary/aromatic N) is 1. The summed E-state index contributed by atoms with van der Waals surface area (Å²) in [4.78, 5) is 23.5. The van der Waals surface area contributed by atoms with E-state index in [4.69, 9.17) is 32.7 Å². The molecule has 2 heterocycles. The monoisotopic (exact) mass is 561 g/mol. The summed E-state index contributed by atoms with van der Waals surface area (Å²) < 4.78 is 12.3. The second-order valence-corrected chi connectivity index (χ2v) is 11.2. The average Bonchev–Trinajstić information content (AvgIpc) is 3.48. The number of halogens is 2. The van der Waals surface area contributed by atoms with Crippen molar-refractivity contribution in [2.75, 3.05) is 26.9 Å². The number of fused-ring (bicyclic) bond motifs is 1. The Morgan fingerprint density at radius 1 is 1.16 bits per heavy atom. The summed E-state index contributed by atoms with van der Waals surface area (Å²) in [5.41, 5.74) is 3.74. The molecule has 38 heavy (non-hydrogen) atoms. The molecular formula is C30H37Cl2NO5. The molecule has 4 rings (SSSR count). The fraction of sp³-hybridized carbons (Fsp3) is 0.467. The van der Waals surface area contributed by atoms with Gasteiger partial charge >= 0.3 is 5.97 Å². The fourth-order valence-corrected chi connectivity index (χ4v) is 5.14. The SMILES string of the molecule is CC(C)C(=O)c1cc2c(Cl)c(Cl)ccc2n1C.COCCCC(C(=O)O)c1ccc(C2(C)CCOC2)cc1. The Balaban J connectivity index is 0.000000215. The van der Waals surface area contributed by atoms with Gasteiger partial charge in [0.05, 0.1) is 28.3 Å². The number of aromatic nitrogens is 1. The molecule has 6 nitrogen and oxygen atoms in total. The molecule has 1 aliphatic heterocycles. The van der Waals surface area contributed by atoms with E-state index < -0.39 is 11.9 Å². The number of carboxylic acids is 1. The third-order valence-electron chi connectivity index (χ3n) is 7.26. The van der Waals surface area contributed by atoms with Gasteiger partial charge in [-0.1, -0.05) is 68.2 Å². The molecule has 0 bridgehead atoms. The van der Waals surface area contributed by atoms with Gasteiger partial charge in [-0.15, -0.1) is 0 Å². The van der Waals surface area contributed by atoms with Crippen LogP contribution in [0.4, 0.5) is 0 Å². The highest BCUT2D eigenvalue weighted by molar-refractivity contribution is 6.45. The van der Waals surface area contributed by atoms with Crippen molar-refractivity contribution < 1.29 is 24.2 Å². The van der Waals surface area contributed by atoms with E-state index in [0.29, 0.717) is 28.8 Å². The Morgan fingerprint density at radius 3 is 2.39 bits per heavy atom. The molecule has 1 fully saturated rings. The van der Waals surface area contributed by atoms with Crippen molar-refractivity contribution in [3.05, 3.63) is 69.3 Å². The first-order chi connectivity index (χ1) is 18.0. The Kier molecular flexibility index (Phi) is 10.4. The van der Waals surface area contributed by atoms with Crippen LogP contribution < -0.4 is 0 Å². The molecule has 3 aromatic rings. The lowest BCUT2D eigenvalue weighted by Crippen LogP contribution is -2.21. The van der Waals surface area contributed by atoms with E-state index in [1.165, 1.54) is 5.56 Å². The van der Waals surface area contributed by atoms with E-state index in [2.05, 4.69) is 19.1 Å². The molecule has 1 aliphatic rings. The first-order valence-electron chi connectivity index (χ1n) is 12.9. The standard InChI is InChI=1S/C17H24O4.C13H13Cl2NO/c1-17(9-11-21-12-17)14-7-5-13(6-8-14)15(16(18)19)4-3-10-20-2;1-7(2)13(17)11-6-8-10(16(11)3)5-4-9(14)12(8)15/h5-8,15H,3-4,9-12H2,1-2H3,(H,18,19);4-7H,1-3H3.